The summed E-state index contributed by atoms with van der Waals surface area (Å²) in [5.41, 5.74) is 6.30. The number of carboxylic acid groups (broad SMARTS) is 1. The number of hydrogen-bond donors (Lipinski definition) is 3. The van der Waals surface area contributed by atoms with Crippen LogP contribution in [0.2, 0.25) is 0 Å². The summed E-state index contributed by atoms with van der Waals surface area (Å²) in [5.74, 6) is 0.810. The first-order valence-corrected chi connectivity index (χ1v) is 7.48. The predicted molar refractivity (Wildman–Crippen MR) is 85.3 cm³/mol. The van der Waals surface area contributed by atoms with Crippen LogP contribution in [0.25, 0.3) is 10.8 Å². The van der Waals surface area contributed by atoms with Crippen LogP contribution in [0.4, 0.5) is 4.79 Å². The summed E-state index contributed by atoms with van der Waals surface area (Å²) in [6.07, 6.45) is 1.48. The fraction of sp³-hybridized carbons (Fsp3) is 0.353. The maximum absolute atomic E-state index is 10.9. The van der Waals surface area contributed by atoms with Crippen LogP contribution in [0.3, 0.4) is 0 Å². The lowest BCUT2D eigenvalue weighted by atomic mass is 9.99. The second-order valence-electron chi connectivity index (χ2n) is 5.84. The Bertz CT molecular complexity index is 695. The molecule has 4 N–H and O–H groups in total. The lowest BCUT2D eigenvalue weighted by molar-refractivity contribution is 0.188. The van der Waals surface area contributed by atoms with E-state index in [1.54, 1.807) is 0 Å². The molecule has 1 aliphatic rings. The van der Waals surface area contributed by atoms with Crippen LogP contribution in [0.15, 0.2) is 36.4 Å². The van der Waals surface area contributed by atoms with Gasteiger partial charge in [0, 0.05) is 17.5 Å². The monoisotopic (exact) mass is 300 g/mol. The Balaban J connectivity index is 1.91. The summed E-state index contributed by atoms with van der Waals surface area (Å²) < 4.78 is 5.76. The molecule has 1 saturated carbocycles. The minimum absolute atomic E-state index is 0.306. The van der Waals surface area contributed by atoms with Crippen LogP contribution < -0.4 is 15.8 Å². The number of ether oxygens (including phenoxy) is 1. The van der Waals surface area contributed by atoms with Crippen molar-refractivity contribution in [3.05, 3.63) is 42.0 Å². The standard InChI is InChI=1S/C17H20N2O3/c18-7-8-22-15-10-12(9-13-3-1-2-4-14(13)15)11-17(5-6-17)19-16(20)21/h1-4,9-10,19H,5-8,11,18H2,(H,20,21). The SMILES string of the molecule is NCCOc1cc(CC2(NC(=O)O)CC2)cc2ccccc12. The molecule has 5 nitrogen and oxygen atoms in total. The molecule has 0 bridgehead atoms. The number of nitrogens with two attached hydrogens (primary N) is 1. The van der Waals surface area contributed by atoms with Gasteiger partial charge in [-0.05, 0) is 36.3 Å². The normalized spacial score (nSPS) is 15.5. The lowest BCUT2D eigenvalue weighted by Crippen LogP contribution is -2.37. The van der Waals surface area contributed by atoms with Gasteiger partial charge >= 0.3 is 6.09 Å². The van der Waals surface area contributed by atoms with E-state index < -0.39 is 6.09 Å². The molecule has 0 heterocycles. The van der Waals surface area contributed by atoms with Gasteiger partial charge in [0.1, 0.15) is 12.4 Å². The molecule has 0 atom stereocenters. The Labute approximate surface area is 129 Å². The topological polar surface area (TPSA) is 84.6 Å². The van der Waals surface area contributed by atoms with Gasteiger partial charge in [-0.15, -0.1) is 0 Å². The van der Waals surface area contributed by atoms with Gasteiger partial charge in [-0.25, -0.2) is 4.79 Å². The van der Waals surface area contributed by atoms with Crippen LogP contribution in [-0.2, 0) is 6.42 Å². The highest BCUT2D eigenvalue weighted by molar-refractivity contribution is 5.89. The maximum Gasteiger partial charge on any atom is 0.405 e. The van der Waals surface area contributed by atoms with Crippen molar-refractivity contribution < 1.29 is 14.6 Å². The van der Waals surface area contributed by atoms with Gasteiger partial charge in [0.2, 0.25) is 0 Å². The van der Waals surface area contributed by atoms with Crippen molar-refractivity contribution in [2.24, 2.45) is 5.73 Å². The average molecular weight is 300 g/mol. The number of nitrogens with one attached hydrogen (secondary N) is 1. The Morgan fingerprint density at radius 3 is 2.77 bits per heavy atom. The fourth-order valence-electron chi connectivity index (χ4n) is 2.84. The molecule has 1 fully saturated rings. The molecule has 1 amide bonds. The maximum atomic E-state index is 10.9. The van der Waals surface area contributed by atoms with E-state index in [4.69, 9.17) is 15.6 Å². The molecule has 0 unspecified atom stereocenters. The van der Waals surface area contributed by atoms with E-state index in [2.05, 4.69) is 11.4 Å². The first-order valence-electron chi connectivity index (χ1n) is 7.48. The molecule has 2 aromatic rings. The zero-order chi connectivity index (χ0) is 15.6. The van der Waals surface area contributed by atoms with Gasteiger partial charge in [-0.3, -0.25) is 0 Å². The molecule has 3 rings (SSSR count). The van der Waals surface area contributed by atoms with Crippen LogP contribution in [0.5, 0.6) is 5.75 Å². The van der Waals surface area contributed by atoms with Crippen molar-refractivity contribution >= 4 is 16.9 Å². The van der Waals surface area contributed by atoms with Gasteiger partial charge in [-0.2, -0.15) is 0 Å². The van der Waals surface area contributed by atoms with E-state index in [1.807, 2.05) is 30.3 Å². The second-order valence-corrected chi connectivity index (χ2v) is 5.84. The molecule has 2 aromatic carbocycles. The first kappa shape index (κ1) is 14.7. The van der Waals surface area contributed by atoms with Crippen LogP contribution in [-0.4, -0.2) is 29.9 Å². The molecule has 0 saturated heterocycles. The van der Waals surface area contributed by atoms with Gasteiger partial charge < -0.3 is 20.9 Å². The van der Waals surface area contributed by atoms with Gasteiger partial charge in [0.05, 0.1) is 0 Å². The Kier molecular flexibility index (Phi) is 3.90. The van der Waals surface area contributed by atoms with Crippen molar-refractivity contribution in [1.82, 2.24) is 5.32 Å². The number of carbonyl (C=O) groups is 1. The molecular formula is C17H20N2O3. The Morgan fingerprint density at radius 1 is 1.32 bits per heavy atom. The number of rotatable bonds is 6. The third-order valence-electron chi connectivity index (χ3n) is 4.03. The van der Waals surface area contributed by atoms with Crippen molar-refractivity contribution in [2.75, 3.05) is 13.2 Å². The molecule has 5 heteroatoms. The Morgan fingerprint density at radius 2 is 2.09 bits per heavy atom. The van der Waals surface area contributed by atoms with Gasteiger partial charge in [-0.1, -0.05) is 30.3 Å². The quantitative estimate of drug-likeness (QED) is 0.765. The summed E-state index contributed by atoms with van der Waals surface area (Å²) in [7, 11) is 0. The lowest BCUT2D eigenvalue weighted by Gasteiger charge is -2.17. The second kappa shape index (κ2) is 5.85. The summed E-state index contributed by atoms with van der Waals surface area (Å²) in [4.78, 5) is 10.9. The zero-order valence-electron chi connectivity index (χ0n) is 12.3. The molecule has 0 aliphatic heterocycles. The van der Waals surface area contributed by atoms with E-state index in [0.29, 0.717) is 19.6 Å². The van der Waals surface area contributed by atoms with Crippen molar-refractivity contribution in [1.29, 1.82) is 0 Å². The molecule has 0 radical (unpaired) electrons. The first-order chi connectivity index (χ1) is 10.6. The largest absolute Gasteiger partial charge is 0.492 e. The number of fused-ring (bicyclic) bond motifs is 1. The summed E-state index contributed by atoms with van der Waals surface area (Å²) in [6, 6.07) is 12.1. The molecule has 22 heavy (non-hydrogen) atoms. The van der Waals surface area contributed by atoms with E-state index >= 15 is 0 Å². The van der Waals surface area contributed by atoms with Crippen molar-refractivity contribution in [3.63, 3.8) is 0 Å². The third-order valence-corrected chi connectivity index (χ3v) is 4.03. The molecule has 0 spiro atoms. The van der Waals surface area contributed by atoms with E-state index in [-0.39, 0.29) is 5.54 Å². The van der Waals surface area contributed by atoms with Crippen LogP contribution in [0, 0.1) is 0 Å². The molecular weight excluding hydrogens is 280 g/mol. The summed E-state index contributed by atoms with van der Waals surface area (Å²) in [5, 5.41) is 13.8. The van der Waals surface area contributed by atoms with E-state index in [1.165, 1.54) is 0 Å². The zero-order valence-corrected chi connectivity index (χ0v) is 12.3. The van der Waals surface area contributed by atoms with E-state index in [0.717, 1.165) is 34.9 Å². The minimum Gasteiger partial charge on any atom is -0.492 e. The van der Waals surface area contributed by atoms with Crippen LogP contribution in [0.1, 0.15) is 18.4 Å². The average Bonchev–Trinajstić information content (AvgIpc) is 3.22. The highest BCUT2D eigenvalue weighted by Gasteiger charge is 2.44. The number of hydrogen-bond acceptors (Lipinski definition) is 3. The van der Waals surface area contributed by atoms with Crippen LogP contribution >= 0.6 is 0 Å². The summed E-state index contributed by atoms with van der Waals surface area (Å²) in [6.45, 7) is 0.926. The molecule has 1 aliphatic carbocycles. The fourth-order valence-corrected chi connectivity index (χ4v) is 2.84. The smallest absolute Gasteiger partial charge is 0.405 e. The molecule has 116 valence electrons. The minimum atomic E-state index is -0.960. The van der Waals surface area contributed by atoms with Crippen molar-refractivity contribution in [3.8, 4) is 5.75 Å². The highest BCUT2D eigenvalue weighted by Crippen LogP contribution is 2.40. The third kappa shape index (κ3) is 3.14. The van der Waals surface area contributed by atoms with Gasteiger partial charge in [0.15, 0.2) is 0 Å². The van der Waals surface area contributed by atoms with Gasteiger partial charge in [0.25, 0.3) is 0 Å². The Hall–Kier alpha value is -2.27. The highest BCUT2D eigenvalue weighted by atomic mass is 16.5. The summed E-state index contributed by atoms with van der Waals surface area (Å²) >= 11 is 0. The van der Waals surface area contributed by atoms with Crippen molar-refractivity contribution in [2.45, 2.75) is 24.8 Å². The number of amides is 1. The predicted octanol–water partition coefficient (Wildman–Crippen LogP) is 2.52. The van der Waals surface area contributed by atoms with E-state index in [9.17, 15) is 4.79 Å². The molecule has 0 aromatic heterocycles. The number of benzene rings is 2.